The zero-order valence-electron chi connectivity index (χ0n) is 13.4. The fourth-order valence-electron chi connectivity index (χ4n) is 2.16. The predicted molar refractivity (Wildman–Crippen MR) is 92.2 cm³/mol. The van der Waals surface area contributed by atoms with Crippen molar-refractivity contribution in [1.82, 2.24) is 0 Å². The highest BCUT2D eigenvalue weighted by atomic mass is 32.2. The summed E-state index contributed by atoms with van der Waals surface area (Å²) >= 11 is 0. The lowest BCUT2D eigenvalue weighted by Gasteiger charge is -2.08. The van der Waals surface area contributed by atoms with E-state index in [1.807, 2.05) is 0 Å². The molecule has 2 aromatic carbocycles. The highest BCUT2D eigenvalue weighted by molar-refractivity contribution is 7.95. The molecule has 0 amide bonds. The van der Waals surface area contributed by atoms with Crippen molar-refractivity contribution < 1.29 is 17.9 Å². The summed E-state index contributed by atoms with van der Waals surface area (Å²) < 4.78 is 35.3. The summed E-state index contributed by atoms with van der Waals surface area (Å²) in [6, 6.07) is 15.5. The van der Waals surface area contributed by atoms with E-state index in [1.165, 1.54) is 20.3 Å². The summed E-state index contributed by atoms with van der Waals surface area (Å²) in [6.45, 7) is 0. The van der Waals surface area contributed by atoms with Crippen LogP contribution in [-0.4, -0.2) is 22.6 Å². The SMILES string of the molecule is COc1ccc(/C=C(/C#N)S(=O)(=O)Cc2ccccc2)cc1OC. The van der Waals surface area contributed by atoms with Gasteiger partial charge in [-0.1, -0.05) is 36.4 Å². The molecule has 0 saturated heterocycles. The van der Waals surface area contributed by atoms with Gasteiger partial charge in [0.2, 0.25) is 0 Å². The van der Waals surface area contributed by atoms with Crippen LogP contribution in [0.3, 0.4) is 0 Å². The molecule has 0 radical (unpaired) electrons. The molecule has 0 aromatic heterocycles. The van der Waals surface area contributed by atoms with Gasteiger partial charge in [-0.15, -0.1) is 0 Å². The Bertz CT molecular complexity index is 881. The number of allylic oxidation sites excluding steroid dienone is 1. The Morgan fingerprint density at radius 2 is 1.75 bits per heavy atom. The van der Waals surface area contributed by atoms with Crippen LogP contribution in [0.1, 0.15) is 11.1 Å². The molecule has 0 aliphatic heterocycles. The molecule has 0 unspecified atom stereocenters. The normalized spacial score (nSPS) is 11.6. The standard InChI is InChI=1S/C18H17NO4S/c1-22-17-9-8-15(11-18(17)23-2)10-16(12-19)24(20,21)13-14-6-4-3-5-7-14/h3-11H,13H2,1-2H3/b16-10-. The van der Waals surface area contributed by atoms with Crippen molar-refractivity contribution in [3.05, 3.63) is 64.6 Å². The average Bonchev–Trinajstić information content (AvgIpc) is 2.59. The summed E-state index contributed by atoms with van der Waals surface area (Å²) in [7, 11) is -0.730. The number of benzene rings is 2. The van der Waals surface area contributed by atoms with Crippen molar-refractivity contribution in [3.8, 4) is 17.6 Å². The first-order valence-electron chi connectivity index (χ1n) is 7.10. The summed E-state index contributed by atoms with van der Waals surface area (Å²) in [4.78, 5) is -0.293. The van der Waals surface area contributed by atoms with Crippen molar-refractivity contribution in [1.29, 1.82) is 5.26 Å². The van der Waals surface area contributed by atoms with Gasteiger partial charge < -0.3 is 9.47 Å². The van der Waals surface area contributed by atoms with E-state index in [2.05, 4.69) is 0 Å². The van der Waals surface area contributed by atoms with Crippen molar-refractivity contribution in [2.75, 3.05) is 14.2 Å². The van der Waals surface area contributed by atoms with Crippen molar-refractivity contribution in [2.45, 2.75) is 5.75 Å². The zero-order chi connectivity index (χ0) is 17.6. The van der Waals surface area contributed by atoms with Crippen LogP contribution >= 0.6 is 0 Å². The van der Waals surface area contributed by atoms with Crippen LogP contribution in [0.25, 0.3) is 6.08 Å². The van der Waals surface area contributed by atoms with Crippen LogP contribution in [0.2, 0.25) is 0 Å². The largest absolute Gasteiger partial charge is 0.493 e. The molecule has 0 fully saturated rings. The number of nitriles is 1. The minimum atomic E-state index is -3.73. The molecule has 2 aromatic rings. The lowest BCUT2D eigenvalue weighted by molar-refractivity contribution is 0.355. The Morgan fingerprint density at radius 3 is 2.33 bits per heavy atom. The fraction of sp³-hybridized carbons (Fsp3) is 0.167. The van der Waals surface area contributed by atoms with Gasteiger partial charge in [-0.25, -0.2) is 8.42 Å². The maximum absolute atomic E-state index is 12.5. The molecule has 24 heavy (non-hydrogen) atoms. The molecule has 0 saturated carbocycles. The van der Waals surface area contributed by atoms with Gasteiger partial charge in [-0.2, -0.15) is 5.26 Å². The first-order valence-corrected chi connectivity index (χ1v) is 8.76. The molecule has 124 valence electrons. The Labute approximate surface area is 141 Å². The van der Waals surface area contributed by atoms with Gasteiger partial charge in [-0.05, 0) is 29.3 Å². The monoisotopic (exact) mass is 343 g/mol. The zero-order valence-corrected chi connectivity index (χ0v) is 14.2. The first kappa shape index (κ1) is 17.6. The topological polar surface area (TPSA) is 76.4 Å². The summed E-state index contributed by atoms with van der Waals surface area (Å²) in [6.07, 6.45) is 1.33. The highest BCUT2D eigenvalue weighted by Crippen LogP contribution is 2.29. The molecule has 0 aliphatic rings. The van der Waals surface area contributed by atoms with Gasteiger partial charge in [-0.3, -0.25) is 0 Å². The Morgan fingerprint density at radius 1 is 1.08 bits per heavy atom. The third-order valence-electron chi connectivity index (χ3n) is 3.35. The number of rotatable bonds is 6. The smallest absolute Gasteiger partial charge is 0.192 e. The van der Waals surface area contributed by atoms with Gasteiger partial charge in [0.1, 0.15) is 11.0 Å². The number of nitrogens with zero attached hydrogens (tertiary/aromatic N) is 1. The van der Waals surface area contributed by atoms with E-state index in [0.717, 1.165) is 0 Å². The van der Waals surface area contributed by atoms with Crippen molar-refractivity contribution >= 4 is 15.9 Å². The maximum Gasteiger partial charge on any atom is 0.192 e. The van der Waals surface area contributed by atoms with Crippen LogP contribution in [-0.2, 0) is 15.6 Å². The molecule has 0 heterocycles. The second-order valence-electron chi connectivity index (χ2n) is 4.98. The van der Waals surface area contributed by atoms with E-state index in [0.29, 0.717) is 22.6 Å². The van der Waals surface area contributed by atoms with Gasteiger partial charge in [0, 0.05) is 0 Å². The quantitative estimate of drug-likeness (QED) is 0.753. The Hall–Kier alpha value is -2.78. The number of hydrogen-bond acceptors (Lipinski definition) is 5. The van der Waals surface area contributed by atoms with Crippen LogP contribution in [0.4, 0.5) is 0 Å². The summed E-state index contributed by atoms with van der Waals surface area (Å²) in [5, 5.41) is 9.27. The predicted octanol–water partition coefficient (Wildman–Crippen LogP) is 3.18. The molecule has 0 bridgehead atoms. The minimum absolute atomic E-state index is 0.222. The van der Waals surface area contributed by atoms with Crippen LogP contribution in [0.15, 0.2) is 53.4 Å². The molecular formula is C18H17NO4S. The molecular weight excluding hydrogens is 326 g/mol. The first-order chi connectivity index (χ1) is 11.5. The second-order valence-corrected chi connectivity index (χ2v) is 6.94. The highest BCUT2D eigenvalue weighted by Gasteiger charge is 2.19. The summed E-state index contributed by atoms with van der Waals surface area (Å²) in [5.41, 5.74) is 1.17. The van der Waals surface area contributed by atoms with E-state index in [-0.39, 0.29) is 10.7 Å². The van der Waals surface area contributed by atoms with Crippen molar-refractivity contribution in [2.24, 2.45) is 0 Å². The van der Waals surface area contributed by atoms with Crippen LogP contribution in [0, 0.1) is 11.3 Å². The van der Waals surface area contributed by atoms with E-state index in [4.69, 9.17) is 9.47 Å². The maximum atomic E-state index is 12.5. The van der Waals surface area contributed by atoms with E-state index in [1.54, 1.807) is 54.6 Å². The van der Waals surface area contributed by atoms with Crippen LogP contribution in [0.5, 0.6) is 11.5 Å². The lowest BCUT2D eigenvalue weighted by Crippen LogP contribution is -2.06. The summed E-state index contributed by atoms with van der Waals surface area (Å²) in [5.74, 6) is 0.768. The molecule has 0 atom stereocenters. The number of methoxy groups -OCH3 is 2. The molecule has 2 rings (SSSR count). The fourth-order valence-corrected chi connectivity index (χ4v) is 3.40. The molecule has 0 aliphatic carbocycles. The molecule has 5 nitrogen and oxygen atoms in total. The average molecular weight is 343 g/mol. The molecule has 6 heteroatoms. The minimum Gasteiger partial charge on any atom is -0.493 e. The number of ether oxygens (including phenoxy) is 2. The van der Waals surface area contributed by atoms with E-state index < -0.39 is 9.84 Å². The third kappa shape index (κ3) is 4.15. The third-order valence-corrected chi connectivity index (χ3v) is 4.94. The molecule has 0 N–H and O–H groups in total. The van der Waals surface area contributed by atoms with Gasteiger partial charge in [0.15, 0.2) is 21.3 Å². The Balaban J connectivity index is 2.37. The number of sulfone groups is 1. The second kappa shape index (κ2) is 7.66. The van der Waals surface area contributed by atoms with E-state index >= 15 is 0 Å². The number of hydrogen-bond donors (Lipinski definition) is 0. The Kier molecular flexibility index (Phi) is 5.61. The van der Waals surface area contributed by atoms with Gasteiger partial charge in [0.05, 0.1) is 20.0 Å². The van der Waals surface area contributed by atoms with Crippen LogP contribution < -0.4 is 9.47 Å². The van der Waals surface area contributed by atoms with Gasteiger partial charge in [0.25, 0.3) is 0 Å². The van der Waals surface area contributed by atoms with Crippen molar-refractivity contribution in [3.63, 3.8) is 0 Å². The van der Waals surface area contributed by atoms with E-state index in [9.17, 15) is 13.7 Å². The molecule has 0 spiro atoms. The lowest BCUT2D eigenvalue weighted by atomic mass is 10.2. The van der Waals surface area contributed by atoms with Gasteiger partial charge >= 0.3 is 0 Å².